The van der Waals surface area contributed by atoms with E-state index in [1.807, 2.05) is 36.4 Å². The smallest absolute Gasteiger partial charge is 0.267 e. The van der Waals surface area contributed by atoms with Gasteiger partial charge in [0.2, 0.25) is 5.88 Å². The number of rotatable bonds is 5. The van der Waals surface area contributed by atoms with E-state index in [2.05, 4.69) is 9.97 Å². The standard InChI is InChI=1S/C22H21ClN4O4S/c1-32(29,30)11-8-14-2-7-17(18(23)12-14)15-3-5-16(6-4-15)27-9-10-31-21-19(22(27)28)20(24)25-13-26-21/h2-7,12-13H,8-11H2,1H3,(H2,24,25,26). The van der Waals surface area contributed by atoms with Crippen molar-refractivity contribution >= 4 is 38.9 Å². The predicted molar refractivity (Wildman–Crippen MR) is 124 cm³/mol. The molecule has 1 aliphatic rings. The van der Waals surface area contributed by atoms with E-state index in [0.717, 1.165) is 16.7 Å². The fourth-order valence-corrected chi connectivity index (χ4v) is 4.40. The number of benzene rings is 2. The minimum atomic E-state index is -3.04. The average Bonchev–Trinajstić information content (AvgIpc) is 2.92. The summed E-state index contributed by atoms with van der Waals surface area (Å²) < 4.78 is 28.3. The number of aromatic nitrogens is 2. The lowest BCUT2D eigenvalue weighted by Crippen LogP contribution is -2.32. The molecule has 0 atom stereocenters. The van der Waals surface area contributed by atoms with Crippen molar-refractivity contribution < 1.29 is 17.9 Å². The summed E-state index contributed by atoms with van der Waals surface area (Å²) in [5, 5.41) is 0.529. The quantitative estimate of drug-likeness (QED) is 0.606. The highest BCUT2D eigenvalue weighted by molar-refractivity contribution is 7.90. The predicted octanol–water partition coefficient (Wildman–Crippen LogP) is 3.01. The molecule has 0 radical (unpaired) electrons. The van der Waals surface area contributed by atoms with E-state index in [1.54, 1.807) is 11.0 Å². The summed E-state index contributed by atoms with van der Waals surface area (Å²) in [5.41, 5.74) is 9.26. The molecular weight excluding hydrogens is 452 g/mol. The van der Waals surface area contributed by atoms with Gasteiger partial charge in [-0.1, -0.05) is 35.9 Å². The SMILES string of the molecule is CS(=O)(=O)CCc1ccc(-c2ccc(N3CCOc4ncnc(N)c4C3=O)cc2)c(Cl)c1. The molecule has 1 aromatic heterocycles. The molecule has 1 aliphatic heterocycles. The van der Waals surface area contributed by atoms with Crippen LogP contribution in [0.5, 0.6) is 5.88 Å². The van der Waals surface area contributed by atoms with Crippen LogP contribution in [0.1, 0.15) is 15.9 Å². The summed E-state index contributed by atoms with van der Waals surface area (Å²) in [6, 6.07) is 12.9. The minimum Gasteiger partial charge on any atom is -0.475 e. The van der Waals surface area contributed by atoms with Gasteiger partial charge in [0.05, 0.1) is 12.3 Å². The Bertz CT molecular complexity index is 1280. The number of halogens is 1. The summed E-state index contributed by atoms with van der Waals surface area (Å²) in [6.07, 6.45) is 2.89. The lowest BCUT2D eigenvalue weighted by atomic mass is 10.0. The third-order valence-corrected chi connectivity index (χ3v) is 6.40. The highest BCUT2D eigenvalue weighted by Crippen LogP contribution is 2.32. The second-order valence-corrected chi connectivity index (χ2v) is 10.2. The number of carbonyl (C=O) groups excluding carboxylic acids is 1. The Balaban J connectivity index is 1.57. The number of anilines is 2. The zero-order chi connectivity index (χ0) is 22.9. The van der Waals surface area contributed by atoms with Crippen molar-refractivity contribution in [2.75, 3.05) is 35.8 Å². The maximum Gasteiger partial charge on any atom is 0.267 e. The van der Waals surface area contributed by atoms with E-state index in [1.165, 1.54) is 12.6 Å². The number of hydrogen-bond acceptors (Lipinski definition) is 7. The van der Waals surface area contributed by atoms with Gasteiger partial charge in [0.15, 0.2) is 0 Å². The lowest BCUT2D eigenvalue weighted by Gasteiger charge is -2.20. The lowest BCUT2D eigenvalue weighted by molar-refractivity contribution is 0.0990. The fraction of sp³-hybridized carbons (Fsp3) is 0.227. The van der Waals surface area contributed by atoms with E-state index in [-0.39, 0.29) is 35.5 Å². The van der Waals surface area contributed by atoms with Gasteiger partial charge in [0.1, 0.15) is 34.2 Å². The van der Waals surface area contributed by atoms with Gasteiger partial charge in [-0.15, -0.1) is 0 Å². The first-order valence-corrected chi connectivity index (χ1v) is 12.3. The molecule has 8 nitrogen and oxygen atoms in total. The Morgan fingerprint density at radius 3 is 2.59 bits per heavy atom. The normalized spacial score (nSPS) is 13.9. The van der Waals surface area contributed by atoms with Crippen LogP contribution >= 0.6 is 11.6 Å². The zero-order valence-corrected chi connectivity index (χ0v) is 18.9. The van der Waals surface area contributed by atoms with Crippen molar-refractivity contribution in [3.05, 3.63) is 64.9 Å². The molecule has 2 aromatic carbocycles. The molecule has 1 amide bonds. The molecule has 166 valence electrons. The Labute approximate surface area is 190 Å². The molecule has 0 aliphatic carbocycles. The Hall–Kier alpha value is -3.17. The van der Waals surface area contributed by atoms with Crippen molar-refractivity contribution in [2.24, 2.45) is 0 Å². The summed E-state index contributed by atoms with van der Waals surface area (Å²) in [5.74, 6) is 0.0103. The second kappa shape index (κ2) is 8.76. The maximum absolute atomic E-state index is 13.1. The van der Waals surface area contributed by atoms with Crippen LogP contribution in [0.3, 0.4) is 0 Å². The Morgan fingerprint density at radius 1 is 1.16 bits per heavy atom. The van der Waals surface area contributed by atoms with Crippen LogP contribution < -0.4 is 15.4 Å². The van der Waals surface area contributed by atoms with Gasteiger partial charge in [-0.25, -0.2) is 18.4 Å². The number of sulfone groups is 1. The number of nitrogens with two attached hydrogens (primary N) is 1. The molecule has 0 unspecified atom stereocenters. The van der Waals surface area contributed by atoms with E-state index < -0.39 is 9.84 Å². The largest absolute Gasteiger partial charge is 0.475 e. The average molecular weight is 473 g/mol. The van der Waals surface area contributed by atoms with Gasteiger partial charge >= 0.3 is 0 Å². The molecule has 10 heteroatoms. The third-order valence-electron chi connectivity index (χ3n) is 5.14. The molecule has 0 spiro atoms. The van der Waals surface area contributed by atoms with E-state index in [4.69, 9.17) is 22.1 Å². The molecule has 3 aromatic rings. The number of aryl methyl sites for hydroxylation is 1. The molecule has 4 rings (SSSR count). The van der Waals surface area contributed by atoms with Crippen molar-refractivity contribution in [3.63, 3.8) is 0 Å². The number of amides is 1. The summed E-state index contributed by atoms with van der Waals surface area (Å²) >= 11 is 6.46. The molecule has 0 bridgehead atoms. The molecule has 32 heavy (non-hydrogen) atoms. The summed E-state index contributed by atoms with van der Waals surface area (Å²) in [7, 11) is -3.04. The monoisotopic (exact) mass is 472 g/mol. The summed E-state index contributed by atoms with van der Waals surface area (Å²) in [6.45, 7) is 0.613. The summed E-state index contributed by atoms with van der Waals surface area (Å²) in [4.78, 5) is 22.5. The highest BCUT2D eigenvalue weighted by atomic mass is 35.5. The van der Waals surface area contributed by atoms with Gasteiger partial charge in [-0.05, 0) is 35.7 Å². The van der Waals surface area contributed by atoms with Gasteiger partial charge in [0, 0.05) is 22.5 Å². The van der Waals surface area contributed by atoms with Crippen LogP contribution in [-0.4, -0.2) is 49.5 Å². The van der Waals surface area contributed by atoms with Crippen molar-refractivity contribution in [2.45, 2.75) is 6.42 Å². The number of ether oxygens (including phenoxy) is 1. The van der Waals surface area contributed by atoms with Crippen molar-refractivity contribution in [1.29, 1.82) is 0 Å². The number of hydrogen-bond donors (Lipinski definition) is 1. The number of carbonyl (C=O) groups is 1. The first kappa shape index (κ1) is 22.0. The van der Waals surface area contributed by atoms with Crippen molar-refractivity contribution in [1.82, 2.24) is 9.97 Å². The molecule has 0 fully saturated rings. The molecule has 0 saturated heterocycles. The Kier molecular flexibility index (Phi) is 6.03. The zero-order valence-electron chi connectivity index (χ0n) is 17.3. The molecule has 2 N–H and O–H groups in total. The molecule has 0 saturated carbocycles. The van der Waals surface area contributed by atoms with Crippen LogP contribution in [0.25, 0.3) is 11.1 Å². The van der Waals surface area contributed by atoms with Crippen LogP contribution in [0, 0.1) is 0 Å². The first-order valence-electron chi connectivity index (χ1n) is 9.84. The van der Waals surface area contributed by atoms with Crippen LogP contribution in [-0.2, 0) is 16.3 Å². The number of nitrogens with zero attached hydrogens (tertiary/aromatic N) is 3. The fourth-order valence-electron chi connectivity index (χ4n) is 3.48. The van der Waals surface area contributed by atoms with E-state index in [9.17, 15) is 13.2 Å². The van der Waals surface area contributed by atoms with Gasteiger partial charge < -0.3 is 15.4 Å². The van der Waals surface area contributed by atoms with Crippen LogP contribution in [0.15, 0.2) is 48.8 Å². The highest BCUT2D eigenvalue weighted by Gasteiger charge is 2.28. The minimum absolute atomic E-state index is 0.0730. The first-order chi connectivity index (χ1) is 15.2. The number of nitrogen functional groups attached to an aromatic ring is 1. The van der Waals surface area contributed by atoms with E-state index in [0.29, 0.717) is 23.7 Å². The molecule has 2 heterocycles. The third kappa shape index (κ3) is 4.68. The topological polar surface area (TPSA) is 115 Å². The maximum atomic E-state index is 13.1. The van der Waals surface area contributed by atoms with Gasteiger partial charge in [-0.3, -0.25) is 4.79 Å². The molecular formula is C22H21ClN4O4S. The van der Waals surface area contributed by atoms with Crippen LogP contribution in [0.4, 0.5) is 11.5 Å². The number of fused-ring (bicyclic) bond motifs is 1. The van der Waals surface area contributed by atoms with Crippen molar-refractivity contribution in [3.8, 4) is 17.0 Å². The Morgan fingerprint density at radius 2 is 1.91 bits per heavy atom. The van der Waals surface area contributed by atoms with Gasteiger partial charge in [-0.2, -0.15) is 0 Å². The van der Waals surface area contributed by atoms with Gasteiger partial charge in [0.25, 0.3) is 5.91 Å². The van der Waals surface area contributed by atoms with Crippen LogP contribution in [0.2, 0.25) is 5.02 Å². The van der Waals surface area contributed by atoms with E-state index >= 15 is 0 Å². The second-order valence-electron chi connectivity index (χ2n) is 7.49.